The third-order valence-electron chi connectivity index (χ3n) is 0.887. The number of aromatic nitrogens is 1. The molecule has 5 heteroatoms. The maximum Gasteiger partial charge on any atom is 0.290 e. The van der Waals surface area contributed by atoms with Gasteiger partial charge in [-0.05, 0) is 35.0 Å². The summed E-state index contributed by atoms with van der Waals surface area (Å²) in [5.74, 6) is 0. The fraction of sp³-hybridized carbons (Fsp3) is 0.143. The minimum Gasteiger partial charge on any atom is -0.483 e. The molecule has 66 valence electrons. The Morgan fingerprint density at radius 3 is 2.33 bits per heavy atom. The van der Waals surface area contributed by atoms with Crippen molar-refractivity contribution in [3.05, 3.63) is 26.9 Å². The molecule has 0 fully saturated rings. The number of pyridine rings is 1. The van der Waals surface area contributed by atoms with E-state index < -0.39 is 0 Å². The lowest BCUT2D eigenvalue weighted by atomic mass is 10.4. The molecule has 0 aliphatic carbocycles. The largest absolute Gasteiger partial charge is 0.483 e. The van der Waals surface area contributed by atoms with Crippen molar-refractivity contribution >= 4 is 38.3 Å². The molecule has 0 aliphatic rings. The van der Waals surface area contributed by atoms with Gasteiger partial charge in [0.25, 0.3) is 6.47 Å². The third-order valence-corrected chi connectivity index (χ3v) is 1.75. The molecule has 0 amide bonds. The van der Waals surface area contributed by atoms with E-state index in [1.165, 1.54) is 0 Å². The Morgan fingerprint density at radius 1 is 1.50 bits per heavy atom. The van der Waals surface area contributed by atoms with E-state index in [2.05, 4.69) is 36.8 Å². The summed E-state index contributed by atoms with van der Waals surface area (Å²) in [6.07, 6.45) is 0. The van der Waals surface area contributed by atoms with Crippen LogP contribution in [0.5, 0.6) is 0 Å². The number of aryl methyl sites for hydroxylation is 1. The van der Waals surface area contributed by atoms with Crippen LogP contribution in [-0.2, 0) is 4.79 Å². The van der Waals surface area contributed by atoms with E-state index in [4.69, 9.17) is 9.90 Å². The summed E-state index contributed by atoms with van der Waals surface area (Å²) in [7, 11) is 0. The Labute approximate surface area is 87.1 Å². The van der Waals surface area contributed by atoms with Gasteiger partial charge in [0.15, 0.2) is 0 Å². The van der Waals surface area contributed by atoms with Crippen molar-refractivity contribution < 1.29 is 9.90 Å². The van der Waals surface area contributed by atoms with Gasteiger partial charge >= 0.3 is 0 Å². The van der Waals surface area contributed by atoms with E-state index in [1.54, 1.807) is 0 Å². The first kappa shape index (κ1) is 11.6. The molecule has 0 saturated heterocycles. The lowest BCUT2D eigenvalue weighted by molar-refractivity contribution is -0.122. The van der Waals surface area contributed by atoms with E-state index in [1.807, 2.05) is 19.1 Å². The highest BCUT2D eigenvalue weighted by molar-refractivity contribution is 9.11. The van der Waals surface area contributed by atoms with Gasteiger partial charge in [0.2, 0.25) is 0 Å². The summed E-state index contributed by atoms with van der Waals surface area (Å²) in [4.78, 5) is 12.5. The summed E-state index contributed by atoms with van der Waals surface area (Å²) in [5.41, 5.74) is 1.01. The van der Waals surface area contributed by atoms with Gasteiger partial charge in [-0.2, -0.15) is 0 Å². The minimum atomic E-state index is -0.250. The van der Waals surface area contributed by atoms with Crippen molar-refractivity contribution in [2.24, 2.45) is 0 Å². The summed E-state index contributed by atoms with van der Waals surface area (Å²) in [6.45, 7) is 1.70. The number of halogens is 2. The molecule has 0 spiro atoms. The molecule has 1 aromatic rings. The molecular formula is C7H7Br2NO2. The lowest BCUT2D eigenvalue weighted by Crippen LogP contribution is -1.79. The van der Waals surface area contributed by atoms with E-state index >= 15 is 0 Å². The summed E-state index contributed by atoms with van der Waals surface area (Å²) in [5, 5.41) is 6.89. The third kappa shape index (κ3) is 5.26. The maximum atomic E-state index is 8.36. The summed E-state index contributed by atoms with van der Waals surface area (Å²) >= 11 is 6.61. The minimum absolute atomic E-state index is 0.250. The Morgan fingerprint density at radius 2 is 2.00 bits per heavy atom. The molecule has 3 nitrogen and oxygen atoms in total. The van der Waals surface area contributed by atoms with Gasteiger partial charge in [0, 0.05) is 10.2 Å². The fourth-order valence-corrected chi connectivity index (χ4v) is 1.97. The van der Waals surface area contributed by atoms with Crippen LogP contribution in [0.25, 0.3) is 0 Å². The molecule has 0 bridgehead atoms. The van der Waals surface area contributed by atoms with Crippen LogP contribution in [0, 0.1) is 6.92 Å². The highest BCUT2D eigenvalue weighted by Crippen LogP contribution is 2.15. The standard InChI is InChI=1S/C6H5Br2N.CH2O2/c1-4-2-5(7)3-6(8)9-4;2-1-3/h2-3H,1H3;1H,(H,2,3). The molecule has 1 N–H and O–H groups in total. The Balaban J connectivity index is 0.000000354. The zero-order chi connectivity index (χ0) is 9.56. The van der Waals surface area contributed by atoms with Crippen molar-refractivity contribution in [1.29, 1.82) is 0 Å². The Hall–Kier alpha value is -0.420. The molecule has 0 atom stereocenters. The van der Waals surface area contributed by atoms with E-state index in [0.29, 0.717) is 0 Å². The van der Waals surface area contributed by atoms with Crippen LogP contribution in [0.3, 0.4) is 0 Å². The van der Waals surface area contributed by atoms with Gasteiger partial charge in [0.1, 0.15) is 4.60 Å². The highest BCUT2D eigenvalue weighted by Gasteiger charge is 1.91. The average Bonchev–Trinajstić information content (AvgIpc) is 1.84. The van der Waals surface area contributed by atoms with Gasteiger partial charge < -0.3 is 5.11 Å². The van der Waals surface area contributed by atoms with Crippen LogP contribution in [-0.4, -0.2) is 16.6 Å². The van der Waals surface area contributed by atoms with Crippen LogP contribution >= 0.6 is 31.9 Å². The van der Waals surface area contributed by atoms with Crippen molar-refractivity contribution in [3.8, 4) is 0 Å². The molecule has 1 aromatic heterocycles. The molecule has 12 heavy (non-hydrogen) atoms. The van der Waals surface area contributed by atoms with Crippen LogP contribution < -0.4 is 0 Å². The van der Waals surface area contributed by atoms with Gasteiger partial charge in [-0.15, -0.1) is 0 Å². The highest BCUT2D eigenvalue weighted by atomic mass is 79.9. The van der Waals surface area contributed by atoms with Gasteiger partial charge in [-0.3, -0.25) is 4.79 Å². The quantitative estimate of drug-likeness (QED) is 0.591. The molecule has 0 unspecified atom stereocenters. The zero-order valence-electron chi connectivity index (χ0n) is 6.29. The predicted octanol–water partition coefficient (Wildman–Crippen LogP) is 2.62. The first-order valence-corrected chi connectivity index (χ1v) is 4.56. The first-order chi connectivity index (χ1) is 5.60. The molecule has 1 heterocycles. The number of rotatable bonds is 0. The summed E-state index contributed by atoms with van der Waals surface area (Å²) in [6, 6.07) is 3.87. The number of hydrogen-bond acceptors (Lipinski definition) is 2. The van der Waals surface area contributed by atoms with Crippen LogP contribution in [0.4, 0.5) is 0 Å². The van der Waals surface area contributed by atoms with Gasteiger partial charge in [-0.1, -0.05) is 15.9 Å². The van der Waals surface area contributed by atoms with Gasteiger partial charge in [0.05, 0.1) is 0 Å². The van der Waals surface area contributed by atoms with Crippen molar-refractivity contribution in [2.75, 3.05) is 0 Å². The molecule has 1 rings (SSSR count). The van der Waals surface area contributed by atoms with Gasteiger partial charge in [-0.25, -0.2) is 4.98 Å². The van der Waals surface area contributed by atoms with Crippen molar-refractivity contribution in [2.45, 2.75) is 6.92 Å². The zero-order valence-corrected chi connectivity index (χ0v) is 9.46. The Bertz CT molecular complexity index is 215. The predicted molar refractivity (Wildman–Crippen MR) is 53.1 cm³/mol. The summed E-state index contributed by atoms with van der Waals surface area (Å²) < 4.78 is 1.93. The molecule has 0 radical (unpaired) electrons. The maximum absolute atomic E-state index is 8.36. The topological polar surface area (TPSA) is 50.2 Å². The lowest BCUT2D eigenvalue weighted by Gasteiger charge is -1.93. The molecule has 0 aliphatic heterocycles. The van der Waals surface area contributed by atoms with Crippen molar-refractivity contribution in [1.82, 2.24) is 4.98 Å². The smallest absolute Gasteiger partial charge is 0.290 e. The Kier molecular flexibility index (Phi) is 5.92. The van der Waals surface area contributed by atoms with Crippen LogP contribution in [0.15, 0.2) is 21.2 Å². The average molecular weight is 297 g/mol. The van der Waals surface area contributed by atoms with E-state index in [9.17, 15) is 0 Å². The molecular weight excluding hydrogens is 290 g/mol. The number of hydrogen-bond donors (Lipinski definition) is 1. The van der Waals surface area contributed by atoms with E-state index in [0.717, 1.165) is 14.8 Å². The molecule has 0 aromatic carbocycles. The number of carbonyl (C=O) groups is 1. The van der Waals surface area contributed by atoms with Crippen molar-refractivity contribution in [3.63, 3.8) is 0 Å². The second-order valence-corrected chi connectivity index (χ2v) is 3.58. The SMILES string of the molecule is Cc1cc(Br)cc(Br)n1.O=CO. The van der Waals surface area contributed by atoms with E-state index in [-0.39, 0.29) is 6.47 Å². The van der Waals surface area contributed by atoms with Crippen LogP contribution in [0.1, 0.15) is 5.69 Å². The first-order valence-electron chi connectivity index (χ1n) is 2.97. The molecule has 0 saturated carbocycles. The number of carboxylic acid groups (broad SMARTS) is 1. The normalized spacial score (nSPS) is 8.25. The monoisotopic (exact) mass is 295 g/mol. The number of nitrogens with zero attached hydrogens (tertiary/aromatic N) is 1. The second kappa shape index (κ2) is 6.14. The second-order valence-electron chi connectivity index (χ2n) is 1.85. The van der Waals surface area contributed by atoms with Crippen LogP contribution in [0.2, 0.25) is 0 Å². The fourth-order valence-electron chi connectivity index (χ4n) is 0.588.